The number of hydrogen-bond acceptors (Lipinski definition) is 5. The minimum Gasteiger partial charge on any atom is -0.496 e. The fraction of sp³-hybridized carbons (Fsp3) is 0.400. The fourth-order valence-corrected chi connectivity index (χ4v) is 3.58. The molecule has 1 heterocycles. The van der Waals surface area contributed by atoms with E-state index >= 15 is 0 Å². The zero-order valence-corrected chi connectivity index (χ0v) is 15.0. The van der Waals surface area contributed by atoms with E-state index in [0.717, 1.165) is 43.4 Å². The van der Waals surface area contributed by atoms with Crippen LogP contribution in [0.25, 0.3) is 0 Å². The minimum absolute atomic E-state index is 0.177. The highest BCUT2D eigenvalue weighted by Gasteiger charge is 2.26. The van der Waals surface area contributed by atoms with Gasteiger partial charge in [-0.3, -0.25) is 4.90 Å². The summed E-state index contributed by atoms with van der Waals surface area (Å²) in [6.07, 6.45) is 0. The molecule has 5 nitrogen and oxygen atoms in total. The van der Waals surface area contributed by atoms with Crippen LogP contribution < -0.4 is 20.1 Å². The molecule has 25 heavy (non-hydrogen) atoms. The largest absolute Gasteiger partial charge is 0.496 e. The maximum absolute atomic E-state index is 6.12. The first-order chi connectivity index (χ1) is 12.3. The van der Waals surface area contributed by atoms with Crippen molar-refractivity contribution in [2.45, 2.75) is 6.04 Å². The molecule has 0 radical (unpaired) electrons. The Morgan fingerprint density at radius 1 is 0.880 bits per heavy atom. The van der Waals surface area contributed by atoms with Crippen LogP contribution in [0.15, 0.2) is 48.5 Å². The molecular formula is C20H27N3O2. The van der Waals surface area contributed by atoms with Gasteiger partial charge < -0.3 is 20.1 Å². The van der Waals surface area contributed by atoms with Gasteiger partial charge in [0.15, 0.2) is 0 Å². The van der Waals surface area contributed by atoms with E-state index < -0.39 is 0 Å². The van der Waals surface area contributed by atoms with Crippen LogP contribution in [0.3, 0.4) is 0 Å². The van der Waals surface area contributed by atoms with Gasteiger partial charge in [-0.25, -0.2) is 0 Å². The highest BCUT2D eigenvalue weighted by atomic mass is 16.5. The molecule has 5 heteroatoms. The lowest BCUT2D eigenvalue weighted by Crippen LogP contribution is -2.49. The van der Waals surface area contributed by atoms with Crippen molar-refractivity contribution in [3.8, 4) is 11.5 Å². The lowest BCUT2D eigenvalue weighted by Gasteiger charge is -2.40. The lowest BCUT2D eigenvalue weighted by atomic mass is 10.0. The van der Waals surface area contributed by atoms with Crippen molar-refractivity contribution in [2.75, 3.05) is 51.8 Å². The number of nitrogens with zero attached hydrogens (tertiary/aromatic N) is 2. The summed E-state index contributed by atoms with van der Waals surface area (Å²) in [5, 5.41) is 0. The van der Waals surface area contributed by atoms with Crippen LogP contribution in [0.4, 0.5) is 5.69 Å². The predicted octanol–water partition coefficient (Wildman–Crippen LogP) is 2.53. The van der Waals surface area contributed by atoms with Crippen molar-refractivity contribution in [1.82, 2.24) is 4.90 Å². The molecular weight excluding hydrogens is 314 g/mol. The first kappa shape index (κ1) is 17.6. The predicted molar refractivity (Wildman–Crippen MR) is 102 cm³/mol. The molecule has 1 fully saturated rings. The summed E-state index contributed by atoms with van der Waals surface area (Å²) in [6, 6.07) is 16.5. The second-order valence-corrected chi connectivity index (χ2v) is 6.19. The summed E-state index contributed by atoms with van der Waals surface area (Å²) < 4.78 is 11.0. The summed E-state index contributed by atoms with van der Waals surface area (Å²) in [6.45, 7) is 4.39. The fourth-order valence-electron chi connectivity index (χ4n) is 3.58. The second kappa shape index (κ2) is 8.23. The molecule has 134 valence electrons. The normalized spacial score (nSPS) is 16.5. The number of rotatable bonds is 6. The molecule has 2 N–H and O–H groups in total. The van der Waals surface area contributed by atoms with Gasteiger partial charge in [0, 0.05) is 38.3 Å². The summed E-state index contributed by atoms with van der Waals surface area (Å²) in [4.78, 5) is 4.83. The summed E-state index contributed by atoms with van der Waals surface area (Å²) in [5.41, 5.74) is 8.44. The van der Waals surface area contributed by atoms with Gasteiger partial charge in [0.2, 0.25) is 0 Å². The van der Waals surface area contributed by atoms with E-state index in [1.54, 1.807) is 14.2 Å². The maximum atomic E-state index is 6.12. The zero-order chi connectivity index (χ0) is 17.6. The van der Waals surface area contributed by atoms with Gasteiger partial charge in [0.1, 0.15) is 11.5 Å². The number of anilines is 1. The highest BCUT2D eigenvalue weighted by molar-refractivity contribution is 5.58. The third-order valence-corrected chi connectivity index (χ3v) is 4.90. The van der Waals surface area contributed by atoms with Gasteiger partial charge in [0.05, 0.1) is 25.9 Å². The first-order valence-electron chi connectivity index (χ1n) is 8.73. The summed E-state index contributed by atoms with van der Waals surface area (Å²) in [5.74, 6) is 1.83. The van der Waals surface area contributed by atoms with E-state index in [9.17, 15) is 0 Å². The van der Waals surface area contributed by atoms with Crippen LogP contribution in [0, 0.1) is 0 Å². The van der Waals surface area contributed by atoms with Crippen molar-refractivity contribution < 1.29 is 9.47 Å². The average molecular weight is 341 g/mol. The maximum Gasteiger partial charge on any atom is 0.142 e. The van der Waals surface area contributed by atoms with E-state index in [2.05, 4.69) is 28.0 Å². The van der Waals surface area contributed by atoms with Crippen LogP contribution in [-0.2, 0) is 0 Å². The molecule has 1 atom stereocenters. The monoisotopic (exact) mass is 341 g/mol. The molecule has 1 aliphatic heterocycles. The smallest absolute Gasteiger partial charge is 0.142 e. The zero-order valence-electron chi connectivity index (χ0n) is 15.0. The Balaban J connectivity index is 1.72. The number of piperazine rings is 1. The van der Waals surface area contributed by atoms with Crippen molar-refractivity contribution in [1.29, 1.82) is 0 Å². The summed E-state index contributed by atoms with van der Waals surface area (Å²) >= 11 is 0. The molecule has 0 unspecified atom stereocenters. The molecule has 0 aliphatic carbocycles. The van der Waals surface area contributed by atoms with E-state index in [1.807, 2.05) is 30.3 Å². The van der Waals surface area contributed by atoms with E-state index in [0.29, 0.717) is 6.54 Å². The number of para-hydroxylation sites is 3. The average Bonchev–Trinajstić information content (AvgIpc) is 2.69. The molecule has 1 saturated heterocycles. The van der Waals surface area contributed by atoms with Crippen LogP contribution in [0.1, 0.15) is 11.6 Å². The number of hydrogen-bond donors (Lipinski definition) is 1. The van der Waals surface area contributed by atoms with E-state index in [-0.39, 0.29) is 6.04 Å². The molecule has 0 amide bonds. The SMILES string of the molecule is COc1ccccc1[C@@H](CN)N1CCN(c2ccccc2OC)CC1. The summed E-state index contributed by atoms with van der Waals surface area (Å²) in [7, 11) is 3.44. The Kier molecular flexibility index (Phi) is 5.79. The Bertz CT molecular complexity index is 684. The molecule has 1 aliphatic rings. The van der Waals surface area contributed by atoms with Crippen LogP contribution in [0.5, 0.6) is 11.5 Å². The van der Waals surface area contributed by atoms with Crippen LogP contribution in [0.2, 0.25) is 0 Å². The molecule has 0 spiro atoms. The highest BCUT2D eigenvalue weighted by Crippen LogP contribution is 2.32. The first-order valence-corrected chi connectivity index (χ1v) is 8.73. The Morgan fingerprint density at radius 3 is 2.12 bits per heavy atom. The molecule has 0 saturated carbocycles. The number of nitrogens with two attached hydrogens (primary N) is 1. The van der Waals surface area contributed by atoms with Gasteiger partial charge in [-0.05, 0) is 18.2 Å². The van der Waals surface area contributed by atoms with Gasteiger partial charge in [-0.15, -0.1) is 0 Å². The quantitative estimate of drug-likeness (QED) is 0.875. The Labute approximate surface area is 149 Å². The Hall–Kier alpha value is -2.24. The van der Waals surface area contributed by atoms with Crippen LogP contribution >= 0.6 is 0 Å². The van der Waals surface area contributed by atoms with Gasteiger partial charge in [-0.2, -0.15) is 0 Å². The van der Waals surface area contributed by atoms with Gasteiger partial charge in [0.25, 0.3) is 0 Å². The Morgan fingerprint density at radius 2 is 1.48 bits per heavy atom. The van der Waals surface area contributed by atoms with Crippen molar-refractivity contribution in [3.63, 3.8) is 0 Å². The number of ether oxygens (including phenoxy) is 2. The van der Waals surface area contributed by atoms with Gasteiger partial charge >= 0.3 is 0 Å². The molecule has 2 aromatic rings. The third-order valence-electron chi connectivity index (χ3n) is 4.90. The van der Waals surface area contributed by atoms with E-state index in [4.69, 9.17) is 15.2 Å². The molecule has 0 bridgehead atoms. The number of benzene rings is 2. The van der Waals surface area contributed by atoms with Crippen LogP contribution in [-0.4, -0.2) is 51.8 Å². The van der Waals surface area contributed by atoms with Crippen molar-refractivity contribution >= 4 is 5.69 Å². The lowest BCUT2D eigenvalue weighted by molar-refractivity contribution is 0.186. The molecule has 3 rings (SSSR count). The second-order valence-electron chi connectivity index (χ2n) is 6.19. The standard InChI is InChI=1S/C20H27N3O2/c1-24-19-9-5-3-7-16(19)18(15-21)23-13-11-22(12-14-23)17-8-4-6-10-20(17)25-2/h3-10,18H,11-15,21H2,1-2H3/t18-/m1/s1. The number of methoxy groups -OCH3 is 2. The van der Waals surface area contributed by atoms with Gasteiger partial charge in [-0.1, -0.05) is 30.3 Å². The topological polar surface area (TPSA) is 51.0 Å². The van der Waals surface area contributed by atoms with Crippen molar-refractivity contribution in [2.24, 2.45) is 5.73 Å². The minimum atomic E-state index is 0.177. The van der Waals surface area contributed by atoms with E-state index in [1.165, 1.54) is 5.56 Å². The molecule has 0 aromatic heterocycles. The van der Waals surface area contributed by atoms with Crippen molar-refractivity contribution in [3.05, 3.63) is 54.1 Å². The third kappa shape index (κ3) is 3.72. The molecule has 2 aromatic carbocycles.